The van der Waals surface area contributed by atoms with E-state index in [1.54, 1.807) is 55.5 Å². The predicted molar refractivity (Wildman–Crippen MR) is 127 cm³/mol. The number of aliphatic hydroxyl groups excluding tert-OH is 1. The molecule has 0 aliphatic carbocycles. The number of ketones is 1. The first-order valence-electron chi connectivity index (χ1n) is 10.5. The molecule has 1 aromatic heterocycles. The number of esters is 1. The monoisotopic (exact) mass is 478 g/mol. The van der Waals surface area contributed by atoms with E-state index >= 15 is 0 Å². The van der Waals surface area contributed by atoms with Crippen LogP contribution in [0, 0.1) is 6.92 Å². The number of aryl methyl sites for hydroxylation is 1. The fourth-order valence-electron chi connectivity index (χ4n) is 3.78. The number of benzene rings is 2. The molecule has 8 nitrogen and oxygen atoms in total. The third kappa shape index (κ3) is 4.06. The third-order valence-electron chi connectivity index (χ3n) is 5.36. The van der Waals surface area contributed by atoms with Gasteiger partial charge in [0.2, 0.25) is 0 Å². The summed E-state index contributed by atoms with van der Waals surface area (Å²) in [6, 6.07) is 14.6. The van der Waals surface area contributed by atoms with Crippen molar-refractivity contribution in [2.75, 3.05) is 18.6 Å². The van der Waals surface area contributed by atoms with E-state index < -0.39 is 23.7 Å². The number of nitrogens with zero attached hydrogens (tertiary/aromatic N) is 2. The van der Waals surface area contributed by atoms with Gasteiger partial charge in [0.25, 0.3) is 5.78 Å². The molecule has 1 aliphatic rings. The highest BCUT2D eigenvalue weighted by Crippen LogP contribution is 2.43. The number of methoxy groups -OCH3 is 1. The SMILES string of the molecule is CCOc1ccc(C(O)=C2C(=O)C(=O)N(c3nc(C)c(C(=O)OC)s3)C2c2ccccc2)cc1. The van der Waals surface area contributed by atoms with Gasteiger partial charge in [-0.3, -0.25) is 14.5 Å². The minimum absolute atomic E-state index is 0.0622. The Hall–Kier alpha value is -3.98. The van der Waals surface area contributed by atoms with Crippen LogP contribution >= 0.6 is 11.3 Å². The Morgan fingerprint density at radius 1 is 1.12 bits per heavy atom. The second-order valence-electron chi connectivity index (χ2n) is 7.44. The van der Waals surface area contributed by atoms with Gasteiger partial charge in [0, 0.05) is 5.56 Å². The lowest BCUT2D eigenvalue weighted by Crippen LogP contribution is -2.29. The van der Waals surface area contributed by atoms with E-state index in [1.165, 1.54) is 12.0 Å². The molecule has 1 unspecified atom stereocenters. The molecule has 0 bridgehead atoms. The fourth-order valence-corrected chi connectivity index (χ4v) is 4.79. The van der Waals surface area contributed by atoms with Crippen LogP contribution in [0.1, 0.15) is 39.5 Å². The van der Waals surface area contributed by atoms with Gasteiger partial charge in [0.15, 0.2) is 5.13 Å². The second kappa shape index (κ2) is 9.48. The molecule has 1 fully saturated rings. The molecule has 3 aromatic rings. The van der Waals surface area contributed by atoms with Crippen LogP contribution in [0.5, 0.6) is 5.75 Å². The molecule has 4 rings (SSSR count). The summed E-state index contributed by atoms with van der Waals surface area (Å²) in [6.45, 7) is 3.98. The van der Waals surface area contributed by atoms with Gasteiger partial charge in [0.05, 0.1) is 31.0 Å². The molecule has 1 amide bonds. The maximum Gasteiger partial charge on any atom is 0.350 e. The van der Waals surface area contributed by atoms with Crippen molar-refractivity contribution in [1.29, 1.82) is 0 Å². The molecular weight excluding hydrogens is 456 g/mol. The van der Waals surface area contributed by atoms with E-state index in [1.807, 2.05) is 13.0 Å². The number of carbonyl (C=O) groups excluding carboxylic acids is 3. The van der Waals surface area contributed by atoms with Gasteiger partial charge in [-0.15, -0.1) is 0 Å². The van der Waals surface area contributed by atoms with Gasteiger partial charge in [-0.2, -0.15) is 0 Å². The number of thiazole rings is 1. The third-order valence-corrected chi connectivity index (χ3v) is 6.50. The molecule has 2 aromatic carbocycles. The summed E-state index contributed by atoms with van der Waals surface area (Å²) in [5, 5.41) is 11.3. The number of aliphatic hydroxyl groups is 1. The lowest BCUT2D eigenvalue weighted by atomic mass is 9.95. The summed E-state index contributed by atoms with van der Waals surface area (Å²) in [5.41, 5.74) is 1.30. The molecule has 0 saturated carbocycles. The van der Waals surface area contributed by atoms with Crippen molar-refractivity contribution >= 4 is 39.9 Å². The molecule has 174 valence electrons. The van der Waals surface area contributed by atoms with Crippen LogP contribution in [0.2, 0.25) is 0 Å². The van der Waals surface area contributed by atoms with Gasteiger partial charge in [-0.25, -0.2) is 9.78 Å². The summed E-state index contributed by atoms with van der Waals surface area (Å²) < 4.78 is 10.2. The van der Waals surface area contributed by atoms with Crippen molar-refractivity contribution in [3.8, 4) is 5.75 Å². The maximum atomic E-state index is 13.2. The first kappa shape index (κ1) is 23.2. The van der Waals surface area contributed by atoms with Crippen LogP contribution < -0.4 is 9.64 Å². The van der Waals surface area contributed by atoms with Crippen molar-refractivity contribution in [2.45, 2.75) is 19.9 Å². The lowest BCUT2D eigenvalue weighted by Gasteiger charge is -2.23. The average Bonchev–Trinajstić information content (AvgIpc) is 3.36. The quantitative estimate of drug-likeness (QED) is 0.244. The molecule has 34 heavy (non-hydrogen) atoms. The molecule has 0 radical (unpaired) electrons. The summed E-state index contributed by atoms with van der Waals surface area (Å²) in [7, 11) is 1.26. The lowest BCUT2D eigenvalue weighted by molar-refractivity contribution is -0.132. The van der Waals surface area contributed by atoms with Crippen molar-refractivity contribution in [2.24, 2.45) is 0 Å². The van der Waals surface area contributed by atoms with E-state index in [9.17, 15) is 19.5 Å². The Kier molecular flexibility index (Phi) is 6.47. The van der Waals surface area contributed by atoms with E-state index in [-0.39, 0.29) is 21.3 Å². The zero-order valence-corrected chi connectivity index (χ0v) is 19.6. The standard InChI is InChI=1S/C25H22N2O6S/c1-4-33-17-12-10-16(11-13-17)20(28)18-19(15-8-6-5-7-9-15)27(23(30)21(18)29)25-26-14(2)22(34-25)24(31)32-3/h5-13,19,28H,4H2,1-3H3. The molecular formula is C25H22N2O6S. The van der Waals surface area contributed by atoms with E-state index in [0.29, 0.717) is 29.2 Å². The topological polar surface area (TPSA) is 106 Å². The Morgan fingerprint density at radius 2 is 1.79 bits per heavy atom. The van der Waals surface area contributed by atoms with Crippen LogP contribution in [-0.4, -0.2) is 41.5 Å². The fraction of sp³-hybridized carbons (Fsp3) is 0.200. The highest BCUT2D eigenvalue weighted by atomic mass is 32.1. The van der Waals surface area contributed by atoms with Crippen LogP contribution in [0.25, 0.3) is 5.76 Å². The zero-order chi connectivity index (χ0) is 24.4. The average molecular weight is 479 g/mol. The summed E-state index contributed by atoms with van der Waals surface area (Å²) in [4.78, 5) is 44.3. The Balaban J connectivity index is 1.87. The van der Waals surface area contributed by atoms with Gasteiger partial charge in [-0.05, 0) is 43.7 Å². The molecule has 1 N–H and O–H groups in total. The van der Waals surface area contributed by atoms with Crippen molar-refractivity contribution in [3.63, 3.8) is 0 Å². The number of hydrogen-bond acceptors (Lipinski definition) is 8. The number of carbonyl (C=O) groups is 3. The molecule has 9 heteroatoms. The molecule has 1 saturated heterocycles. The van der Waals surface area contributed by atoms with Crippen molar-refractivity contribution < 1.29 is 29.0 Å². The Morgan fingerprint density at radius 3 is 2.41 bits per heavy atom. The number of hydrogen-bond donors (Lipinski definition) is 1. The summed E-state index contributed by atoms with van der Waals surface area (Å²) in [6.07, 6.45) is 0. The Labute approximate surface area is 200 Å². The Bertz CT molecular complexity index is 1280. The van der Waals surface area contributed by atoms with E-state index in [0.717, 1.165) is 11.3 Å². The molecule has 2 heterocycles. The highest BCUT2D eigenvalue weighted by molar-refractivity contribution is 7.17. The number of amides is 1. The largest absolute Gasteiger partial charge is 0.507 e. The van der Waals surface area contributed by atoms with Gasteiger partial charge in [0.1, 0.15) is 16.4 Å². The number of Topliss-reactive ketones (excluding diaryl/α,β-unsaturated/α-hetero) is 1. The predicted octanol–water partition coefficient (Wildman–Crippen LogP) is 4.26. The van der Waals surface area contributed by atoms with Crippen LogP contribution in [-0.2, 0) is 14.3 Å². The van der Waals surface area contributed by atoms with E-state index in [2.05, 4.69) is 4.98 Å². The normalized spacial score (nSPS) is 17.1. The van der Waals surface area contributed by atoms with Crippen LogP contribution in [0.15, 0.2) is 60.2 Å². The van der Waals surface area contributed by atoms with Gasteiger partial charge >= 0.3 is 11.9 Å². The summed E-state index contributed by atoms with van der Waals surface area (Å²) in [5.74, 6) is -1.95. The maximum absolute atomic E-state index is 13.2. The van der Waals surface area contributed by atoms with Crippen LogP contribution in [0.3, 0.4) is 0 Å². The van der Waals surface area contributed by atoms with Crippen molar-refractivity contribution in [1.82, 2.24) is 4.98 Å². The summed E-state index contributed by atoms with van der Waals surface area (Å²) >= 11 is 0.957. The van der Waals surface area contributed by atoms with Crippen LogP contribution in [0.4, 0.5) is 5.13 Å². The molecule has 0 spiro atoms. The first-order valence-corrected chi connectivity index (χ1v) is 11.3. The second-order valence-corrected chi connectivity index (χ2v) is 8.42. The first-order chi connectivity index (χ1) is 16.4. The molecule has 1 aliphatic heterocycles. The number of anilines is 1. The number of aromatic nitrogens is 1. The smallest absolute Gasteiger partial charge is 0.350 e. The van der Waals surface area contributed by atoms with Gasteiger partial charge in [-0.1, -0.05) is 41.7 Å². The number of ether oxygens (including phenoxy) is 2. The van der Waals surface area contributed by atoms with Crippen molar-refractivity contribution in [3.05, 3.63) is 81.9 Å². The minimum atomic E-state index is -0.927. The highest BCUT2D eigenvalue weighted by Gasteiger charge is 2.48. The van der Waals surface area contributed by atoms with Gasteiger partial charge < -0.3 is 14.6 Å². The van der Waals surface area contributed by atoms with E-state index in [4.69, 9.17) is 9.47 Å². The number of rotatable bonds is 6. The zero-order valence-electron chi connectivity index (χ0n) is 18.8. The molecule has 1 atom stereocenters. The minimum Gasteiger partial charge on any atom is -0.507 e.